The van der Waals surface area contributed by atoms with Gasteiger partial charge in [-0.2, -0.15) is 5.10 Å². The lowest BCUT2D eigenvalue weighted by Crippen LogP contribution is -2.05. The van der Waals surface area contributed by atoms with Crippen molar-refractivity contribution in [3.05, 3.63) is 17.0 Å². The highest BCUT2D eigenvalue weighted by Crippen LogP contribution is 2.36. The summed E-state index contributed by atoms with van der Waals surface area (Å²) in [5.74, 6) is -0.279. The largest absolute Gasteiger partial charge is 0.481 e. The number of nitrogens with one attached hydrogen (secondary N) is 1. The number of carboxylic acids is 1. The summed E-state index contributed by atoms with van der Waals surface area (Å²) >= 11 is 0. The maximum Gasteiger partial charge on any atom is 0.309 e. The van der Waals surface area contributed by atoms with Gasteiger partial charge in [-0.05, 0) is 31.2 Å². The van der Waals surface area contributed by atoms with E-state index in [0.717, 1.165) is 17.0 Å². The number of hydrogen-bond acceptors (Lipinski definition) is 2. The van der Waals surface area contributed by atoms with E-state index < -0.39 is 5.97 Å². The number of carboxylic acid groups (broad SMARTS) is 1. The minimum absolute atomic E-state index is 0.0379. The fourth-order valence-electron chi connectivity index (χ4n) is 2.52. The van der Waals surface area contributed by atoms with Gasteiger partial charge >= 0.3 is 5.97 Å². The topological polar surface area (TPSA) is 66.0 Å². The second-order valence-corrected chi connectivity index (χ2v) is 4.26. The first kappa shape index (κ1) is 10.2. The predicted molar refractivity (Wildman–Crippen MR) is 55.9 cm³/mol. The third-order valence-electron chi connectivity index (χ3n) is 3.16. The molecule has 0 aromatic carbocycles. The van der Waals surface area contributed by atoms with Crippen LogP contribution in [0.1, 0.15) is 48.6 Å². The summed E-state index contributed by atoms with van der Waals surface area (Å²) in [6.07, 6.45) is 4.89. The molecule has 0 spiro atoms. The van der Waals surface area contributed by atoms with Crippen LogP contribution >= 0.6 is 0 Å². The van der Waals surface area contributed by atoms with E-state index >= 15 is 0 Å². The number of H-pyrrole nitrogens is 1. The van der Waals surface area contributed by atoms with Gasteiger partial charge in [0.15, 0.2) is 0 Å². The molecular formula is C11H16N2O2. The number of rotatable bonds is 3. The van der Waals surface area contributed by atoms with Gasteiger partial charge in [0.05, 0.1) is 12.1 Å². The minimum Gasteiger partial charge on any atom is -0.481 e. The van der Waals surface area contributed by atoms with Crippen LogP contribution in [0.15, 0.2) is 0 Å². The summed E-state index contributed by atoms with van der Waals surface area (Å²) in [6, 6.07) is 0. The number of aromatic nitrogens is 2. The van der Waals surface area contributed by atoms with E-state index in [4.69, 9.17) is 5.11 Å². The Labute approximate surface area is 88.7 Å². The number of carbonyl (C=O) groups is 1. The molecule has 15 heavy (non-hydrogen) atoms. The van der Waals surface area contributed by atoms with E-state index in [1.807, 2.05) is 6.92 Å². The van der Waals surface area contributed by atoms with Gasteiger partial charge in [0.2, 0.25) is 0 Å². The molecule has 2 N–H and O–H groups in total. The van der Waals surface area contributed by atoms with E-state index in [1.165, 1.54) is 25.7 Å². The van der Waals surface area contributed by atoms with Crippen molar-refractivity contribution in [1.82, 2.24) is 10.2 Å². The predicted octanol–water partition coefficient (Wildman–Crippen LogP) is 2.00. The van der Waals surface area contributed by atoms with Crippen LogP contribution in [0.25, 0.3) is 0 Å². The van der Waals surface area contributed by atoms with Crippen LogP contribution in [0.5, 0.6) is 0 Å². The molecule has 2 rings (SSSR count). The summed E-state index contributed by atoms with van der Waals surface area (Å²) in [5, 5.41) is 15.8. The van der Waals surface area contributed by atoms with Gasteiger partial charge in [0.25, 0.3) is 0 Å². The lowest BCUT2D eigenvalue weighted by Gasteiger charge is -2.09. The van der Waals surface area contributed by atoms with Crippen LogP contribution in [0.3, 0.4) is 0 Å². The standard InChI is InChI=1S/C11H16N2O2/c1-7-11(8-4-2-3-5-8)9(13-12-7)6-10(14)15/h8H,2-6H2,1H3,(H,12,13)(H,14,15). The highest BCUT2D eigenvalue weighted by atomic mass is 16.4. The fourth-order valence-corrected chi connectivity index (χ4v) is 2.52. The third-order valence-corrected chi connectivity index (χ3v) is 3.16. The quantitative estimate of drug-likeness (QED) is 0.798. The number of nitrogens with zero attached hydrogens (tertiary/aromatic N) is 1. The first-order valence-electron chi connectivity index (χ1n) is 5.44. The van der Waals surface area contributed by atoms with Crippen molar-refractivity contribution < 1.29 is 9.90 Å². The van der Waals surface area contributed by atoms with E-state index in [2.05, 4.69) is 10.2 Å². The van der Waals surface area contributed by atoms with E-state index in [0.29, 0.717) is 5.92 Å². The van der Waals surface area contributed by atoms with Gasteiger partial charge < -0.3 is 5.11 Å². The van der Waals surface area contributed by atoms with Crippen LogP contribution in [0, 0.1) is 6.92 Å². The molecule has 1 aliphatic carbocycles. The Bertz CT molecular complexity index is 365. The highest BCUT2D eigenvalue weighted by molar-refractivity contribution is 5.70. The molecule has 0 amide bonds. The number of hydrogen-bond donors (Lipinski definition) is 2. The maximum atomic E-state index is 10.7. The van der Waals surface area contributed by atoms with Gasteiger partial charge in [0, 0.05) is 5.69 Å². The summed E-state index contributed by atoms with van der Waals surface area (Å²) < 4.78 is 0. The molecule has 82 valence electrons. The molecule has 0 saturated heterocycles. The van der Waals surface area contributed by atoms with Crippen LogP contribution in [-0.2, 0) is 11.2 Å². The van der Waals surface area contributed by atoms with Gasteiger partial charge in [-0.1, -0.05) is 12.8 Å². The molecule has 1 fully saturated rings. The molecule has 4 nitrogen and oxygen atoms in total. The van der Waals surface area contributed by atoms with E-state index in [1.54, 1.807) is 0 Å². The Morgan fingerprint density at radius 1 is 1.53 bits per heavy atom. The van der Waals surface area contributed by atoms with Crippen molar-refractivity contribution in [3.63, 3.8) is 0 Å². The fraction of sp³-hybridized carbons (Fsp3) is 0.636. The molecule has 0 unspecified atom stereocenters. The van der Waals surface area contributed by atoms with Crippen molar-refractivity contribution >= 4 is 5.97 Å². The van der Waals surface area contributed by atoms with E-state index in [9.17, 15) is 4.79 Å². The summed E-state index contributed by atoms with van der Waals surface area (Å²) in [6.45, 7) is 1.98. The average molecular weight is 208 g/mol. The Hall–Kier alpha value is -1.32. The molecule has 0 aliphatic heterocycles. The first-order chi connectivity index (χ1) is 7.18. The van der Waals surface area contributed by atoms with Gasteiger partial charge in [-0.3, -0.25) is 9.89 Å². The molecule has 1 aliphatic rings. The normalized spacial score (nSPS) is 17.1. The minimum atomic E-state index is -0.805. The highest BCUT2D eigenvalue weighted by Gasteiger charge is 2.24. The lowest BCUT2D eigenvalue weighted by molar-refractivity contribution is -0.136. The maximum absolute atomic E-state index is 10.7. The second-order valence-electron chi connectivity index (χ2n) is 4.26. The smallest absolute Gasteiger partial charge is 0.309 e. The molecular weight excluding hydrogens is 192 g/mol. The zero-order valence-electron chi connectivity index (χ0n) is 8.92. The molecule has 0 bridgehead atoms. The molecule has 0 atom stereocenters. The number of aryl methyl sites for hydroxylation is 1. The van der Waals surface area contributed by atoms with Crippen LogP contribution in [-0.4, -0.2) is 21.3 Å². The number of aliphatic carboxylic acids is 1. The zero-order valence-corrected chi connectivity index (χ0v) is 8.92. The molecule has 4 heteroatoms. The van der Waals surface area contributed by atoms with Crippen LogP contribution in [0.4, 0.5) is 0 Å². The van der Waals surface area contributed by atoms with Crippen molar-refractivity contribution in [3.8, 4) is 0 Å². The Morgan fingerprint density at radius 3 is 2.80 bits per heavy atom. The van der Waals surface area contributed by atoms with Crippen LogP contribution in [0.2, 0.25) is 0 Å². The molecule has 1 aromatic rings. The molecule has 0 radical (unpaired) electrons. The Morgan fingerprint density at radius 2 is 2.20 bits per heavy atom. The zero-order chi connectivity index (χ0) is 10.8. The van der Waals surface area contributed by atoms with Crippen molar-refractivity contribution in [2.75, 3.05) is 0 Å². The SMILES string of the molecule is Cc1[nH]nc(CC(=O)O)c1C1CCCC1. The average Bonchev–Trinajstić information content (AvgIpc) is 2.74. The molecule has 1 heterocycles. The van der Waals surface area contributed by atoms with Gasteiger partial charge in [0.1, 0.15) is 0 Å². The summed E-state index contributed by atoms with van der Waals surface area (Å²) in [4.78, 5) is 10.7. The Kier molecular flexibility index (Phi) is 2.75. The van der Waals surface area contributed by atoms with Gasteiger partial charge in [-0.15, -0.1) is 0 Å². The molecule has 1 aromatic heterocycles. The second kappa shape index (κ2) is 4.04. The lowest BCUT2D eigenvalue weighted by atomic mass is 9.94. The number of aromatic amines is 1. The van der Waals surface area contributed by atoms with Crippen molar-refractivity contribution in [2.24, 2.45) is 0 Å². The summed E-state index contributed by atoms with van der Waals surface area (Å²) in [5.41, 5.74) is 2.93. The first-order valence-corrected chi connectivity index (χ1v) is 5.44. The third kappa shape index (κ3) is 2.03. The molecule has 1 saturated carbocycles. The van der Waals surface area contributed by atoms with Gasteiger partial charge in [-0.25, -0.2) is 0 Å². The van der Waals surface area contributed by atoms with Crippen molar-refractivity contribution in [1.29, 1.82) is 0 Å². The van der Waals surface area contributed by atoms with E-state index in [-0.39, 0.29) is 6.42 Å². The van der Waals surface area contributed by atoms with Crippen LogP contribution < -0.4 is 0 Å². The monoisotopic (exact) mass is 208 g/mol. The van der Waals surface area contributed by atoms with Crippen molar-refractivity contribution in [2.45, 2.75) is 44.9 Å². The summed E-state index contributed by atoms with van der Waals surface area (Å²) in [7, 11) is 0. The Balaban J connectivity index is 2.26.